The van der Waals surface area contributed by atoms with Gasteiger partial charge in [0, 0.05) is 11.2 Å². The van der Waals surface area contributed by atoms with Crippen molar-refractivity contribution in [2.75, 3.05) is 0 Å². The molecule has 21 heavy (non-hydrogen) atoms. The molecule has 4 nitrogen and oxygen atoms in total. The maximum absolute atomic E-state index is 11.2. The Morgan fingerprint density at radius 3 is 2.86 bits per heavy atom. The van der Waals surface area contributed by atoms with Gasteiger partial charge >= 0.3 is 0 Å². The van der Waals surface area contributed by atoms with Gasteiger partial charge in [-0.2, -0.15) is 5.10 Å². The summed E-state index contributed by atoms with van der Waals surface area (Å²) in [7, 11) is 0. The summed E-state index contributed by atoms with van der Waals surface area (Å²) in [5.41, 5.74) is 2.08. The largest absolute Gasteiger partial charge is 0.460 e. The third-order valence-corrected chi connectivity index (χ3v) is 3.36. The minimum atomic E-state index is 0.506. The molecule has 0 saturated carbocycles. The Morgan fingerprint density at radius 2 is 2.19 bits per heavy atom. The Kier molecular flexibility index (Phi) is 3.62. The molecule has 0 spiro atoms. The zero-order valence-electron chi connectivity index (χ0n) is 11.4. The first-order chi connectivity index (χ1) is 10.2. The normalized spacial score (nSPS) is 10.8. The van der Waals surface area contributed by atoms with E-state index >= 15 is 0 Å². The number of halogens is 1. The lowest BCUT2D eigenvalue weighted by Crippen LogP contribution is -2.00. The van der Waals surface area contributed by atoms with Crippen LogP contribution < -0.4 is 0 Å². The van der Waals surface area contributed by atoms with Crippen LogP contribution in [0, 0.1) is 6.92 Å². The number of benzene rings is 1. The van der Waals surface area contributed by atoms with Crippen LogP contribution in [0.1, 0.15) is 21.7 Å². The van der Waals surface area contributed by atoms with Gasteiger partial charge in [-0.25, -0.2) is 0 Å². The van der Waals surface area contributed by atoms with Crippen molar-refractivity contribution in [1.82, 2.24) is 9.78 Å². The summed E-state index contributed by atoms with van der Waals surface area (Å²) in [5, 5.41) is 5.12. The van der Waals surface area contributed by atoms with Crippen LogP contribution >= 0.6 is 11.6 Å². The number of aldehydes is 1. The molecule has 3 rings (SSSR count). The van der Waals surface area contributed by atoms with Gasteiger partial charge < -0.3 is 4.42 Å². The maximum Gasteiger partial charge on any atom is 0.155 e. The smallest absolute Gasteiger partial charge is 0.155 e. The van der Waals surface area contributed by atoms with Gasteiger partial charge in [0.2, 0.25) is 0 Å². The molecule has 1 aromatic carbocycles. The molecule has 0 N–H and O–H groups in total. The molecule has 5 heteroatoms. The molecule has 0 bridgehead atoms. The molecule has 0 unspecified atom stereocenters. The molecule has 0 radical (unpaired) electrons. The zero-order valence-corrected chi connectivity index (χ0v) is 12.2. The molecular formula is C16H13ClN2O2. The second-order valence-electron chi connectivity index (χ2n) is 4.79. The number of hydrogen-bond donors (Lipinski definition) is 0. The van der Waals surface area contributed by atoms with Crippen molar-refractivity contribution in [3.63, 3.8) is 0 Å². The fourth-order valence-corrected chi connectivity index (χ4v) is 2.39. The SMILES string of the molecule is Cc1ccc(-c2nn(Cc3cccc(Cl)c3)cc2C=O)o1. The molecule has 0 fully saturated rings. The summed E-state index contributed by atoms with van der Waals surface area (Å²) in [5.74, 6) is 1.38. The molecule has 2 aromatic heterocycles. The molecule has 0 aliphatic carbocycles. The van der Waals surface area contributed by atoms with Crippen LogP contribution in [0.15, 0.2) is 47.0 Å². The summed E-state index contributed by atoms with van der Waals surface area (Å²) in [4.78, 5) is 11.2. The molecule has 0 atom stereocenters. The van der Waals surface area contributed by atoms with Crippen LogP contribution in [0.4, 0.5) is 0 Å². The van der Waals surface area contributed by atoms with Gasteiger partial charge in [0.05, 0.1) is 12.1 Å². The first kappa shape index (κ1) is 13.6. The maximum atomic E-state index is 11.2. The van der Waals surface area contributed by atoms with Gasteiger partial charge in [-0.15, -0.1) is 0 Å². The summed E-state index contributed by atoms with van der Waals surface area (Å²) in [6.45, 7) is 2.40. The third kappa shape index (κ3) is 2.90. The molecule has 106 valence electrons. The van der Waals surface area contributed by atoms with Crippen molar-refractivity contribution >= 4 is 17.9 Å². The minimum Gasteiger partial charge on any atom is -0.460 e. The average Bonchev–Trinajstić information content (AvgIpc) is 3.05. The van der Waals surface area contributed by atoms with E-state index in [9.17, 15) is 4.79 Å². The second-order valence-corrected chi connectivity index (χ2v) is 5.23. The average molecular weight is 301 g/mol. The number of rotatable bonds is 4. The van der Waals surface area contributed by atoms with Crippen molar-refractivity contribution in [3.8, 4) is 11.5 Å². The topological polar surface area (TPSA) is 48.0 Å². The number of hydrogen-bond acceptors (Lipinski definition) is 3. The van der Waals surface area contributed by atoms with Crippen LogP contribution in [-0.2, 0) is 6.54 Å². The Labute approximate surface area is 127 Å². The third-order valence-electron chi connectivity index (χ3n) is 3.12. The van der Waals surface area contributed by atoms with Crippen LogP contribution in [0.5, 0.6) is 0 Å². The van der Waals surface area contributed by atoms with Crippen LogP contribution in [0.25, 0.3) is 11.5 Å². The van der Waals surface area contributed by atoms with E-state index in [1.165, 1.54) is 0 Å². The lowest BCUT2D eigenvalue weighted by atomic mass is 10.2. The molecule has 0 aliphatic heterocycles. The highest BCUT2D eigenvalue weighted by Crippen LogP contribution is 2.23. The van der Waals surface area contributed by atoms with Crippen LogP contribution in [0.2, 0.25) is 5.02 Å². The highest BCUT2D eigenvalue weighted by molar-refractivity contribution is 6.30. The standard InChI is InChI=1S/C16H13ClN2O2/c1-11-5-6-15(21-11)16-13(10-20)9-19(18-16)8-12-3-2-4-14(17)7-12/h2-7,9-10H,8H2,1H3. The lowest BCUT2D eigenvalue weighted by Gasteiger charge is -2.02. The predicted molar refractivity (Wildman–Crippen MR) is 80.6 cm³/mol. The van der Waals surface area contributed by atoms with Gasteiger partial charge in [-0.05, 0) is 36.8 Å². The summed E-state index contributed by atoms with van der Waals surface area (Å²) >= 11 is 5.97. The van der Waals surface area contributed by atoms with E-state index in [0.717, 1.165) is 17.6 Å². The molecule has 0 amide bonds. The lowest BCUT2D eigenvalue weighted by molar-refractivity contribution is 0.112. The molecule has 0 saturated heterocycles. The Bertz CT molecular complexity index is 789. The van der Waals surface area contributed by atoms with Crippen molar-refractivity contribution in [2.45, 2.75) is 13.5 Å². The zero-order chi connectivity index (χ0) is 14.8. The van der Waals surface area contributed by atoms with E-state index in [1.54, 1.807) is 10.9 Å². The van der Waals surface area contributed by atoms with E-state index in [4.69, 9.17) is 16.0 Å². The number of carbonyl (C=O) groups is 1. The minimum absolute atomic E-state index is 0.506. The molecule has 0 aliphatic rings. The van der Waals surface area contributed by atoms with E-state index in [0.29, 0.717) is 28.6 Å². The number of carbonyl (C=O) groups excluding carboxylic acids is 1. The van der Waals surface area contributed by atoms with Crippen LogP contribution in [-0.4, -0.2) is 16.1 Å². The quantitative estimate of drug-likeness (QED) is 0.685. The van der Waals surface area contributed by atoms with E-state index < -0.39 is 0 Å². The van der Waals surface area contributed by atoms with Gasteiger partial charge in [-0.3, -0.25) is 9.48 Å². The molecular weight excluding hydrogens is 288 g/mol. The van der Waals surface area contributed by atoms with Gasteiger partial charge in [-0.1, -0.05) is 23.7 Å². The highest BCUT2D eigenvalue weighted by Gasteiger charge is 2.14. The Balaban J connectivity index is 1.94. The van der Waals surface area contributed by atoms with Gasteiger partial charge in [0.15, 0.2) is 12.0 Å². The monoisotopic (exact) mass is 300 g/mol. The highest BCUT2D eigenvalue weighted by atomic mass is 35.5. The van der Waals surface area contributed by atoms with Crippen molar-refractivity contribution in [3.05, 3.63) is 64.5 Å². The summed E-state index contributed by atoms with van der Waals surface area (Å²) in [6, 6.07) is 11.2. The fraction of sp³-hybridized carbons (Fsp3) is 0.125. The number of aryl methyl sites for hydroxylation is 1. The fourth-order valence-electron chi connectivity index (χ4n) is 2.18. The number of aromatic nitrogens is 2. The first-order valence-corrected chi connectivity index (χ1v) is 6.87. The number of nitrogens with zero attached hydrogens (tertiary/aromatic N) is 2. The molecule has 3 aromatic rings. The predicted octanol–water partition coefficient (Wildman–Crippen LogP) is 3.97. The van der Waals surface area contributed by atoms with E-state index in [1.807, 2.05) is 43.3 Å². The van der Waals surface area contributed by atoms with Crippen molar-refractivity contribution in [2.24, 2.45) is 0 Å². The van der Waals surface area contributed by atoms with Gasteiger partial charge in [0.1, 0.15) is 11.5 Å². The summed E-state index contributed by atoms with van der Waals surface area (Å²) < 4.78 is 7.25. The Hall–Kier alpha value is -2.33. The van der Waals surface area contributed by atoms with Crippen LogP contribution in [0.3, 0.4) is 0 Å². The van der Waals surface area contributed by atoms with Crippen molar-refractivity contribution in [1.29, 1.82) is 0 Å². The first-order valence-electron chi connectivity index (χ1n) is 6.49. The number of furan rings is 1. The summed E-state index contributed by atoms with van der Waals surface area (Å²) in [6.07, 6.45) is 2.50. The van der Waals surface area contributed by atoms with E-state index in [-0.39, 0.29) is 0 Å². The molecule has 2 heterocycles. The Morgan fingerprint density at radius 1 is 1.33 bits per heavy atom. The second kappa shape index (κ2) is 5.58. The van der Waals surface area contributed by atoms with E-state index in [2.05, 4.69) is 5.10 Å². The van der Waals surface area contributed by atoms with Gasteiger partial charge in [0.25, 0.3) is 0 Å². The van der Waals surface area contributed by atoms with Crippen molar-refractivity contribution < 1.29 is 9.21 Å².